The minimum atomic E-state index is -0.751. The third-order valence-corrected chi connectivity index (χ3v) is 5.12. The fourth-order valence-electron chi connectivity index (χ4n) is 3.52. The van der Waals surface area contributed by atoms with Crippen molar-refractivity contribution in [3.05, 3.63) is 76.9 Å². The number of aromatic nitrogens is 5. The zero-order chi connectivity index (χ0) is 23.7. The molecule has 33 heavy (non-hydrogen) atoms. The Morgan fingerprint density at radius 1 is 1.21 bits per heavy atom. The van der Waals surface area contributed by atoms with Gasteiger partial charge in [-0.2, -0.15) is 5.10 Å². The lowest BCUT2D eigenvalue weighted by atomic mass is 10.1. The van der Waals surface area contributed by atoms with Crippen LogP contribution in [0.3, 0.4) is 0 Å². The van der Waals surface area contributed by atoms with Crippen molar-refractivity contribution in [1.29, 1.82) is 5.41 Å². The van der Waals surface area contributed by atoms with Gasteiger partial charge in [0, 0.05) is 12.7 Å². The van der Waals surface area contributed by atoms with Gasteiger partial charge in [-0.3, -0.25) is 24.3 Å². The summed E-state index contributed by atoms with van der Waals surface area (Å²) in [5.74, 6) is -1.32. The number of hydrogen-bond acceptors (Lipinski definition) is 6. The normalized spacial score (nSPS) is 11.8. The number of carbonyl (C=O) groups is 1. The summed E-state index contributed by atoms with van der Waals surface area (Å²) in [5.41, 5.74) is 14.5. The summed E-state index contributed by atoms with van der Waals surface area (Å²) in [7, 11) is 0. The van der Waals surface area contributed by atoms with Gasteiger partial charge < -0.3 is 16.6 Å². The lowest BCUT2D eigenvalue weighted by Crippen LogP contribution is -2.22. The highest BCUT2D eigenvalue weighted by Gasteiger charge is 2.22. The Morgan fingerprint density at radius 3 is 2.64 bits per heavy atom. The van der Waals surface area contributed by atoms with Crippen molar-refractivity contribution in [2.24, 2.45) is 16.5 Å². The maximum Gasteiger partial charge on any atom is 0.285 e. The molecule has 0 fully saturated rings. The number of nitrogens with two attached hydrogens (primary N) is 2. The minimum Gasteiger partial charge on any atom is -0.504 e. The summed E-state index contributed by atoms with van der Waals surface area (Å²) in [6.07, 6.45) is 3.74. The molecule has 1 amide bonds. The summed E-state index contributed by atoms with van der Waals surface area (Å²) in [6.45, 7) is 3.87. The number of aliphatic imine (C=N–C) groups is 1. The molecule has 1 aromatic carbocycles. The summed E-state index contributed by atoms with van der Waals surface area (Å²) in [6, 6.07) is 9.84. The second-order valence-corrected chi connectivity index (χ2v) is 7.52. The van der Waals surface area contributed by atoms with Gasteiger partial charge in [0.15, 0.2) is 17.4 Å². The molecule has 0 aliphatic heterocycles. The van der Waals surface area contributed by atoms with Crippen molar-refractivity contribution in [2.45, 2.75) is 26.8 Å². The van der Waals surface area contributed by atoms with Gasteiger partial charge in [-0.05, 0) is 25.8 Å². The SMILES string of the molecule is Cc1cn2c(C(N)=O)nc(C(=N)N=C(N)c3c(O)c(C)nn3CCc3ccccc3)c2cn1. The van der Waals surface area contributed by atoms with E-state index in [4.69, 9.17) is 16.9 Å². The van der Waals surface area contributed by atoms with E-state index in [2.05, 4.69) is 20.1 Å². The molecule has 0 saturated heterocycles. The molecule has 4 aromatic rings. The number of aryl methyl sites for hydroxylation is 4. The predicted octanol–water partition coefficient (Wildman–Crippen LogP) is 1.32. The molecule has 168 valence electrons. The van der Waals surface area contributed by atoms with E-state index in [9.17, 15) is 9.90 Å². The largest absolute Gasteiger partial charge is 0.504 e. The molecule has 0 unspecified atom stereocenters. The summed E-state index contributed by atoms with van der Waals surface area (Å²) in [4.78, 5) is 24.4. The molecular formula is C22H23N9O2. The van der Waals surface area contributed by atoms with Crippen LogP contribution in [0.15, 0.2) is 47.7 Å². The average Bonchev–Trinajstić information content (AvgIpc) is 3.30. The van der Waals surface area contributed by atoms with Crippen LogP contribution >= 0.6 is 0 Å². The van der Waals surface area contributed by atoms with Crippen molar-refractivity contribution in [3.63, 3.8) is 0 Å². The van der Waals surface area contributed by atoms with Crippen LogP contribution in [0.2, 0.25) is 0 Å². The number of imidazole rings is 1. The van der Waals surface area contributed by atoms with Crippen LogP contribution in [-0.2, 0) is 13.0 Å². The second kappa shape index (κ2) is 8.54. The number of amides is 1. The second-order valence-electron chi connectivity index (χ2n) is 7.52. The van der Waals surface area contributed by atoms with Crippen molar-refractivity contribution >= 4 is 23.1 Å². The zero-order valence-electron chi connectivity index (χ0n) is 18.1. The first-order valence-corrected chi connectivity index (χ1v) is 10.1. The Kier molecular flexibility index (Phi) is 5.61. The predicted molar refractivity (Wildman–Crippen MR) is 123 cm³/mol. The minimum absolute atomic E-state index is 0.0457. The molecule has 3 aromatic heterocycles. The molecule has 11 nitrogen and oxygen atoms in total. The maximum atomic E-state index is 11.8. The Bertz CT molecular complexity index is 1400. The summed E-state index contributed by atoms with van der Waals surface area (Å²) >= 11 is 0. The quantitative estimate of drug-likeness (QED) is 0.257. The molecule has 4 rings (SSSR count). The Labute approximate surface area is 188 Å². The monoisotopic (exact) mass is 445 g/mol. The topological polar surface area (TPSA) is 174 Å². The van der Waals surface area contributed by atoms with E-state index in [1.807, 2.05) is 30.3 Å². The van der Waals surface area contributed by atoms with E-state index in [0.717, 1.165) is 5.56 Å². The van der Waals surface area contributed by atoms with E-state index in [1.54, 1.807) is 24.7 Å². The van der Waals surface area contributed by atoms with Gasteiger partial charge in [0.2, 0.25) is 5.82 Å². The molecule has 0 spiro atoms. The van der Waals surface area contributed by atoms with E-state index in [1.165, 1.54) is 10.6 Å². The highest BCUT2D eigenvalue weighted by molar-refractivity contribution is 6.12. The molecule has 0 saturated carbocycles. The average molecular weight is 445 g/mol. The summed E-state index contributed by atoms with van der Waals surface area (Å²) < 4.78 is 3.03. The molecule has 6 N–H and O–H groups in total. The zero-order valence-corrected chi connectivity index (χ0v) is 18.1. The highest BCUT2D eigenvalue weighted by Crippen LogP contribution is 2.22. The standard InChI is InChI=1S/C22H23N9O2/c1-12-11-30-15(10-26-12)16(27-22(30)21(25)33)19(23)28-20(24)17-18(32)13(2)29-31(17)9-8-14-6-4-3-5-7-14/h3-7,10-11,32H,8-9H2,1-2H3,(H2,25,33)(H3,23,24,28). The number of nitrogens with one attached hydrogen (secondary N) is 1. The van der Waals surface area contributed by atoms with Gasteiger partial charge in [-0.25, -0.2) is 9.98 Å². The number of nitrogens with zero attached hydrogens (tertiary/aromatic N) is 6. The Hall–Kier alpha value is -4.54. The Balaban J connectivity index is 1.70. The number of aromatic hydroxyl groups is 1. The van der Waals surface area contributed by atoms with E-state index in [0.29, 0.717) is 29.9 Å². The Morgan fingerprint density at radius 2 is 1.94 bits per heavy atom. The number of hydrogen-bond donors (Lipinski definition) is 4. The smallest absolute Gasteiger partial charge is 0.285 e. The fourth-order valence-corrected chi connectivity index (χ4v) is 3.52. The number of fused-ring (bicyclic) bond motifs is 1. The van der Waals surface area contributed by atoms with Crippen LogP contribution in [-0.4, -0.2) is 46.8 Å². The number of benzene rings is 1. The molecular weight excluding hydrogens is 422 g/mol. The van der Waals surface area contributed by atoms with Gasteiger partial charge >= 0.3 is 0 Å². The van der Waals surface area contributed by atoms with Crippen molar-refractivity contribution < 1.29 is 9.90 Å². The van der Waals surface area contributed by atoms with Gasteiger partial charge in [0.05, 0.1) is 17.4 Å². The molecule has 0 atom stereocenters. The number of rotatable bonds is 6. The van der Waals surface area contributed by atoms with Crippen LogP contribution in [0, 0.1) is 19.3 Å². The van der Waals surface area contributed by atoms with Crippen LogP contribution < -0.4 is 11.5 Å². The molecule has 0 radical (unpaired) electrons. The summed E-state index contributed by atoms with van der Waals surface area (Å²) in [5, 5.41) is 23.3. The van der Waals surface area contributed by atoms with E-state index in [-0.39, 0.29) is 34.6 Å². The molecule has 11 heteroatoms. The lowest BCUT2D eigenvalue weighted by molar-refractivity contribution is 0.0990. The van der Waals surface area contributed by atoms with Crippen LogP contribution in [0.1, 0.15) is 39.0 Å². The van der Waals surface area contributed by atoms with Gasteiger partial charge in [-0.1, -0.05) is 30.3 Å². The van der Waals surface area contributed by atoms with Crippen LogP contribution in [0.25, 0.3) is 5.52 Å². The number of amidine groups is 2. The number of carbonyl (C=O) groups excluding carboxylic acids is 1. The van der Waals surface area contributed by atoms with Crippen LogP contribution in [0.4, 0.5) is 0 Å². The van der Waals surface area contributed by atoms with E-state index < -0.39 is 5.91 Å². The van der Waals surface area contributed by atoms with Crippen LogP contribution in [0.5, 0.6) is 5.75 Å². The third kappa shape index (κ3) is 4.15. The third-order valence-electron chi connectivity index (χ3n) is 5.12. The van der Waals surface area contributed by atoms with E-state index >= 15 is 0 Å². The molecule has 0 bridgehead atoms. The number of primary amides is 1. The van der Waals surface area contributed by atoms with Crippen molar-refractivity contribution in [3.8, 4) is 5.75 Å². The highest BCUT2D eigenvalue weighted by atomic mass is 16.3. The lowest BCUT2D eigenvalue weighted by Gasteiger charge is -2.08. The van der Waals surface area contributed by atoms with Crippen molar-refractivity contribution in [1.82, 2.24) is 24.1 Å². The van der Waals surface area contributed by atoms with Gasteiger partial charge in [0.25, 0.3) is 5.91 Å². The van der Waals surface area contributed by atoms with Gasteiger partial charge in [-0.15, -0.1) is 0 Å². The molecule has 3 heterocycles. The van der Waals surface area contributed by atoms with Gasteiger partial charge in [0.1, 0.15) is 17.1 Å². The maximum absolute atomic E-state index is 11.8. The first-order valence-electron chi connectivity index (χ1n) is 10.1. The van der Waals surface area contributed by atoms with Crippen molar-refractivity contribution in [2.75, 3.05) is 0 Å². The first kappa shape index (κ1) is 21.7. The fraction of sp³-hybridized carbons (Fsp3) is 0.182. The molecule has 0 aliphatic rings. The first-order chi connectivity index (χ1) is 15.8. The molecule has 0 aliphatic carbocycles.